The molecule has 1 aromatic carbocycles. The predicted octanol–water partition coefficient (Wildman–Crippen LogP) is 2.80. The molecule has 0 unspecified atom stereocenters. The molecule has 156 valence electrons. The van der Waals surface area contributed by atoms with Crippen LogP contribution in [0.15, 0.2) is 22.6 Å². The van der Waals surface area contributed by atoms with Crippen LogP contribution < -0.4 is 11.5 Å². The molecular formula is C18H24Cl2F2N4O2. The average Bonchev–Trinajstić information content (AvgIpc) is 3.03. The summed E-state index contributed by atoms with van der Waals surface area (Å²) in [4.78, 5) is 18.4. The summed E-state index contributed by atoms with van der Waals surface area (Å²) in [5.74, 6) is -0.748. The van der Waals surface area contributed by atoms with Gasteiger partial charge in [0.2, 0.25) is 11.8 Å². The molecule has 3 rings (SSSR count). The van der Waals surface area contributed by atoms with Crippen LogP contribution in [-0.2, 0) is 17.8 Å². The van der Waals surface area contributed by atoms with E-state index < -0.39 is 17.7 Å². The molecular weight excluding hydrogens is 413 g/mol. The number of carbonyl (C=O) groups excluding carboxylic acids is 1. The molecule has 2 aromatic rings. The second-order valence-corrected chi connectivity index (χ2v) is 6.45. The first-order chi connectivity index (χ1) is 12.5. The van der Waals surface area contributed by atoms with Crippen LogP contribution in [0.1, 0.15) is 30.7 Å². The van der Waals surface area contributed by atoms with Gasteiger partial charge in [0.25, 0.3) is 0 Å². The highest BCUT2D eigenvalue weighted by atomic mass is 35.5. The second kappa shape index (κ2) is 10.7. The van der Waals surface area contributed by atoms with Gasteiger partial charge in [-0.1, -0.05) is 6.42 Å². The van der Waals surface area contributed by atoms with Crippen LogP contribution in [0.3, 0.4) is 0 Å². The van der Waals surface area contributed by atoms with Crippen molar-refractivity contribution in [1.82, 2.24) is 9.88 Å². The number of fused-ring (bicyclic) bond motifs is 1. The third-order valence-electron chi connectivity index (χ3n) is 4.44. The van der Waals surface area contributed by atoms with E-state index in [1.54, 1.807) is 4.90 Å². The Bertz CT molecular complexity index is 784. The highest BCUT2D eigenvalue weighted by Crippen LogP contribution is 2.27. The zero-order valence-corrected chi connectivity index (χ0v) is 16.8. The lowest BCUT2D eigenvalue weighted by Gasteiger charge is -2.27. The normalized spacial score (nSPS) is 13.9. The van der Waals surface area contributed by atoms with E-state index in [4.69, 9.17) is 15.9 Å². The van der Waals surface area contributed by atoms with Crippen LogP contribution in [-0.4, -0.2) is 34.9 Å². The van der Waals surface area contributed by atoms with Crippen LogP contribution >= 0.6 is 24.8 Å². The molecule has 0 fully saturated rings. The molecule has 1 atom stereocenters. The van der Waals surface area contributed by atoms with Crippen LogP contribution in [0.4, 0.5) is 8.78 Å². The first-order valence-electron chi connectivity index (χ1n) is 8.67. The molecule has 0 aliphatic carbocycles. The first kappa shape index (κ1) is 24.3. The van der Waals surface area contributed by atoms with Crippen molar-refractivity contribution in [2.24, 2.45) is 11.5 Å². The number of nitrogens with zero attached hydrogens (tertiary/aromatic N) is 2. The SMILES string of the molecule is Cl.Cl.NCCCC[C@H](N)C(=O)N1CCc2oc(-c3cc(F)cc(F)c3)nc2C1. The van der Waals surface area contributed by atoms with Crippen molar-refractivity contribution in [3.63, 3.8) is 0 Å². The first-order valence-corrected chi connectivity index (χ1v) is 8.67. The fraction of sp³-hybridized carbons (Fsp3) is 0.444. The van der Waals surface area contributed by atoms with Crippen LogP contribution in [0.2, 0.25) is 0 Å². The van der Waals surface area contributed by atoms with Gasteiger partial charge >= 0.3 is 0 Å². The molecule has 10 heteroatoms. The second-order valence-electron chi connectivity index (χ2n) is 6.45. The van der Waals surface area contributed by atoms with Gasteiger partial charge in [-0.05, 0) is 31.5 Å². The Hall–Kier alpha value is -1.74. The zero-order valence-electron chi connectivity index (χ0n) is 15.2. The number of oxazole rings is 1. The number of nitrogens with two attached hydrogens (primary N) is 2. The Balaban J connectivity index is 0.00000196. The molecule has 6 nitrogen and oxygen atoms in total. The summed E-state index contributed by atoms with van der Waals surface area (Å²) in [6.07, 6.45) is 2.72. The molecule has 1 aliphatic heterocycles. The number of benzene rings is 1. The Kier molecular flexibility index (Phi) is 9.29. The van der Waals surface area contributed by atoms with Crippen molar-refractivity contribution in [3.05, 3.63) is 41.3 Å². The highest BCUT2D eigenvalue weighted by Gasteiger charge is 2.28. The smallest absolute Gasteiger partial charge is 0.239 e. The minimum atomic E-state index is -0.698. The van der Waals surface area contributed by atoms with E-state index in [-0.39, 0.29) is 48.7 Å². The molecule has 1 aromatic heterocycles. The highest BCUT2D eigenvalue weighted by molar-refractivity contribution is 5.85. The fourth-order valence-corrected chi connectivity index (χ4v) is 3.05. The van der Waals surface area contributed by atoms with Gasteiger partial charge < -0.3 is 20.8 Å². The molecule has 1 amide bonds. The average molecular weight is 437 g/mol. The van der Waals surface area contributed by atoms with Crippen molar-refractivity contribution in [2.45, 2.75) is 38.3 Å². The lowest BCUT2D eigenvalue weighted by atomic mass is 10.1. The van der Waals surface area contributed by atoms with E-state index in [0.717, 1.165) is 31.0 Å². The summed E-state index contributed by atoms with van der Waals surface area (Å²) in [5.41, 5.74) is 12.3. The monoisotopic (exact) mass is 436 g/mol. The molecule has 0 spiro atoms. The van der Waals surface area contributed by atoms with Gasteiger partial charge in [-0.2, -0.15) is 0 Å². The third kappa shape index (κ3) is 5.64. The Morgan fingerprint density at radius 2 is 1.89 bits per heavy atom. The lowest BCUT2D eigenvalue weighted by molar-refractivity contribution is -0.133. The van der Waals surface area contributed by atoms with E-state index in [1.807, 2.05) is 0 Å². The van der Waals surface area contributed by atoms with E-state index in [2.05, 4.69) is 4.98 Å². The van der Waals surface area contributed by atoms with Crippen molar-refractivity contribution < 1.29 is 18.0 Å². The number of amides is 1. The van der Waals surface area contributed by atoms with Gasteiger partial charge in [0.05, 0.1) is 12.6 Å². The van der Waals surface area contributed by atoms with Crippen LogP contribution in [0.5, 0.6) is 0 Å². The van der Waals surface area contributed by atoms with Crippen molar-refractivity contribution >= 4 is 30.7 Å². The summed E-state index contributed by atoms with van der Waals surface area (Å²) in [7, 11) is 0. The lowest BCUT2D eigenvalue weighted by Crippen LogP contribution is -2.45. The maximum Gasteiger partial charge on any atom is 0.239 e. The maximum atomic E-state index is 13.4. The Labute approximate surface area is 174 Å². The van der Waals surface area contributed by atoms with Crippen LogP contribution in [0.25, 0.3) is 11.5 Å². The summed E-state index contributed by atoms with van der Waals surface area (Å²) >= 11 is 0. The van der Waals surface area contributed by atoms with E-state index in [1.165, 1.54) is 0 Å². The van der Waals surface area contributed by atoms with E-state index >= 15 is 0 Å². The number of rotatable bonds is 6. The molecule has 0 saturated heterocycles. The molecule has 28 heavy (non-hydrogen) atoms. The number of hydrogen-bond acceptors (Lipinski definition) is 5. The van der Waals surface area contributed by atoms with E-state index in [9.17, 15) is 13.6 Å². The van der Waals surface area contributed by atoms with Crippen molar-refractivity contribution in [1.29, 1.82) is 0 Å². The fourth-order valence-electron chi connectivity index (χ4n) is 3.05. The van der Waals surface area contributed by atoms with Crippen molar-refractivity contribution in [3.8, 4) is 11.5 Å². The molecule has 1 aliphatic rings. The molecule has 4 N–H and O–H groups in total. The zero-order chi connectivity index (χ0) is 18.7. The molecule has 0 saturated carbocycles. The number of hydrogen-bond donors (Lipinski definition) is 2. The van der Waals surface area contributed by atoms with Gasteiger partial charge in [-0.25, -0.2) is 13.8 Å². The summed E-state index contributed by atoms with van der Waals surface area (Å²) < 4.78 is 32.4. The Morgan fingerprint density at radius 1 is 1.21 bits per heavy atom. The quantitative estimate of drug-likeness (QED) is 0.678. The minimum absolute atomic E-state index is 0. The van der Waals surface area contributed by atoms with Gasteiger partial charge in [0.15, 0.2) is 0 Å². The number of halogens is 4. The number of unbranched alkanes of at least 4 members (excludes halogenated alkanes) is 1. The predicted molar refractivity (Wildman–Crippen MR) is 106 cm³/mol. The summed E-state index contributed by atoms with van der Waals surface area (Å²) in [6.45, 7) is 1.33. The Morgan fingerprint density at radius 3 is 2.54 bits per heavy atom. The van der Waals surface area contributed by atoms with Gasteiger partial charge in [0, 0.05) is 24.6 Å². The molecule has 0 bridgehead atoms. The van der Waals surface area contributed by atoms with Gasteiger partial charge in [-0.3, -0.25) is 4.79 Å². The largest absolute Gasteiger partial charge is 0.441 e. The number of aromatic nitrogens is 1. The standard InChI is InChI=1S/C18H22F2N4O2.2ClH/c19-12-7-11(8-13(20)9-12)17-23-15-10-24(6-4-16(15)26-17)18(25)14(22)3-1-2-5-21;;/h7-9,14H,1-6,10,21-22H2;2*1H/t14-;;/m0../s1. The third-order valence-corrected chi connectivity index (χ3v) is 4.44. The molecule has 0 radical (unpaired) electrons. The summed E-state index contributed by atoms with van der Waals surface area (Å²) in [6, 6.07) is 2.55. The number of carbonyl (C=O) groups is 1. The topological polar surface area (TPSA) is 98.4 Å². The van der Waals surface area contributed by atoms with Crippen molar-refractivity contribution in [2.75, 3.05) is 13.1 Å². The van der Waals surface area contributed by atoms with Gasteiger partial charge in [0.1, 0.15) is 23.1 Å². The minimum Gasteiger partial charge on any atom is -0.441 e. The van der Waals surface area contributed by atoms with Crippen LogP contribution in [0, 0.1) is 11.6 Å². The van der Waals surface area contributed by atoms with E-state index in [0.29, 0.717) is 37.4 Å². The molecule has 2 heterocycles. The maximum absolute atomic E-state index is 13.4. The van der Waals surface area contributed by atoms with Gasteiger partial charge in [-0.15, -0.1) is 24.8 Å². The summed E-state index contributed by atoms with van der Waals surface area (Å²) in [5, 5.41) is 0.